The van der Waals surface area contributed by atoms with Crippen molar-refractivity contribution in [3.8, 4) is 0 Å². The second-order valence-corrected chi connectivity index (χ2v) is 5.08. The summed E-state index contributed by atoms with van der Waals surface area (Å²) in [5.41, 5.74) is -0.248. The van der Waals surface area contributed by atoms with Gasteiger partial charge in [-0.25, -0.2) is 0 Å². The standard InChI is InChI=1S/C13H14N2O5/c1-8-4-9(6-10(5-8)15(19)20)11(16)14-7-13(2-3-13)12(17)18/h4-6H,2-3,7H2,1H3,(H,14,16)(H,17,18). The van der Waals surface area contributed by atoms with Crippen LogP contribution in [0.4, 0.5) is 5.69 Å². The predicted octanol–water partition coefficient (Wildman–Crippen LogP) is 1.50. The summed E-state index contributed by atoms with van der Waals surface area (Å²) in [7, 11) is 0. The molecule has 7 heteroatoms. The lowest BCUT2D eigenvalue weighted by atomic mass is 10.1. The minimum absolute atomic E-state index is 0.0445. The van der Waals surface area contributed by atoms with Gasteiger partial charge in [0, 0.05) is 24.2 Å². The van der Waals surface area contributed by atoms with Crippen LogP contribution in [0, 0.1) is 22.5 Å². The Morgan fingerprint density at radius 1 is 1.40 bits per heavy atom. The van der Waals surface area contributed by atoms with Crippen molar-refractivity contribution in [2.24, 2.45) is 5.41 Å². The Morgan fingerprint density at radius 3 is 2.55 bits per heavy atom. The summed E-state index contributed by atoms with van der Waals surface area (Å²) in [4.78, 5) is 33.1. The number of hydrogen-bond acceptors (Lipinski definition) is 4. The summed E-state index contributed by atoms with van der Waals surface area (Å²) >= 11 is 0. The third-order valence-corrected chi connectivity index (χ3v) is 3.43. The number of non-ortho nitro benzene ring substituents is 1. The molecule has 0 atom stereocenters. The van der Waals surface area contributed by atoms with Crippen LogP contribution in [-0.2, 0) is 4.79 Å². The van der Waals surface area contributed by atoms with Crippen LogP contribution < -0.4 is 5.32 Å². The molecule has 0 aromatic heterocycles. The summed E-state index contributed by atoms with van der Waals surface area (Å²) in [5, 5.41) is 22.3. The third kappa shape index (κ3) is 2.76. The predicted molar refractivity (Wildman–Crippen MR) is 69.5 cm³/mol. The number of benzene rings is 1. The maximum atomic E-state index is 11.9. The maximum Gasteiger partial charge on any atom is 0.311 e. The van der Waals surface area contributed by atoms with Crippen molar-refractivity contribution in [1.82, 2.24) is 5.32 Å². The van der Waals surface area contributed by atoms with Crippen molar-refractivity contribution in [1.29, 1.82) is 0 Å². The van der Waals surface area contributed by atoms with Gasteiger partial charge in [-0.15, -0.1) is 0 Å². The molecule has 2 rings (SSSR count). The van der Waals surface area contributed by atoms with Gasteiger partial charge in [0.15, 0.2) is 0 Å². The molecule has 1 fully saturated rings. The van der Waals surface area contributed by atoms with Gasteiger partial charge in [-0.3, -0.25) is 19.7 Å². The van der Waals surface area contributed by atoms with Gasteiger partial charge in [0.1, 0.15) is 0 Å². The first-order valence-corrected chi connectivity index (χ1v) is 6.12. The molecule has 2 N–H and O–H groups in total. The number of carbonyl (C=O) groups excluding carboxylic acids is 1. The largest absolute Gasteiger partial charge is 0.481 e. The van der Waals surface area contributed by atoms with E-state index in [0.717, 1.165) is 0 Å². The number of rotatable bonds is 5. The highest BCUT2D eigenvalue weighted by atomic mass is 16.6. The van der Waals surface area contributed by atoms with Crippen LogP contribution in [-0.4, -0.2) is 28.5 Å². The molecule has 0 radical (unpaired) electrons. The zero-order chi connectivity index (χ0) is 14.9. The molecule has 0 bridgehead atoms. The Hall–Kier alpha value is -2.44. The molecule has 1 amide bonds. The van der Waals surface area contributed by atoms with Crippen LogP contribution in [0.2, 0.25) is 0 Å². The molecule has 0 spiro atoms. The van der Waals surface area contributed by atoms with E-state index in [4.69, 9.17) is 5.11 Å². The molecule has 0 saturated heterocycles. The lowest BCUT2D eigenvalue weighted by Crippen LogP contribution is -2.34. The number of aryl methyl sites for hydroxylation is 1. The normalized spacial score (nSPS) is 15.4. The molecule has 1 aromatic rings. The molecule has 1 aromatic carbocycles. The molecular weight excluding hydrogens is 264 g/mol. The van der Waals surface area contributed by atoms with Crippen molar-refractivity contribution >= 4 is 17.6 Å². The summed E-state index contributed by atoms with van der Waals surface area (Å²) < 4.78 is 0. The van der Waals surface area contributed by atoms with Crippen LogP contribution in [0.1, 0.15) is 28.8 Å². The number of carboxylic acid groups (broad SMARTS) is 1. The van der Waals surface area contributed by atoms with E-state index in [-0.39, 0.29) is 17.8 Å². The molecule has 1 aliphatic carbocycles. The molecule has 0 heterocycles. The number of nitrogens with one attached hydrogen (secondary N) is 1. The van der Waals surface area contributed by atoms with Gasteiger partial charge in [-0.05, 0) is 31.4 Å². The van der Waals surface area contributed by atoms with Gasteiger partial charge < -0.3 is 10.4 Å². The number of nitro benzene ring substituents is 1. The molecule has 20 heavy (non-hydrogen) atoms. The van der Waals surface area contributed by atoms with Crippen LogP contribution in [0.3, 0.4) is 0 Å². The van der Waals surface area contributed by atoms with Gasteiger partial charge in [-0.2, -0.15) is 0 Å². The highest BCUT2D eigenvalue weighted by molar-refractivity contribution is 5.95. The van der Waals surface area contributed by atoms with E-state index < -0.39 is 22.2 Å². The monoisotopic (exact) mass is 278 g/mol. The molecule has 1 saturated carbocycles. The fraction of sp³-hybridized carbons (Fsp3) is 0.385. The molecule has 106 valence electrons. The number of hydrogen-bond donors (Lipinski definition) is 2. The van der Waals surface area contributed by atoms with E-state index in [0.29, 0.717) is 18.4 Å². The second kappa shape index (κ2) is 4.92. The molecule has 7 nitrogen and oxygen atoms in total. The first-order valence-electron chi connectivity index (χ1n) is 6.12. The quantitative estimate of drug-likeness (QED) is 0.626. The number of nitrogens with zero attached hydrogens (tertiary/aromatic N) is 1. The van der Waals surface area contributed by atoms with E-state index >= 15 is 0 Å². The minimum Gasteiger partial charge on any atom is -0.481 e. The van der Waals surface area contributed by atoms with E-state index in [1.807, 2.05) is 0 Å². The Balaban J connectivity index is 2.10. The average Bonchev–Trinajstić information content (AvgIpc) is 3.16. The van der Waals surface area contributed by atoms with Gasteiger partial charge in [0.05, 0.1) is 10.3 Å². The molecule has 1 aliphatic rings. The second-order valence-electron chi connectivity index (χ2n) is 5.08. The van der Waals surface area contributed by atoms with Crippen LogP contribution >= 0.6 is 0 Å². The van der Waals surface area contributed by atoms with Gasteiger partial charge in [-0.1, -0.05) is 0 Å². The fourth-order valence-corrected chi connectivity index (χ4v) is 1.97. The Bertz CT molecular complexity index is 592. The average molecular weight is 278 g/mol. The smallest absolute Gasteiger partial charge is 0.311 e. The number of carboxylic acids is 1. The third-order valence-electron chi connectivity index (χ3n) is 3.43. The Kier molecular flexibility index (Phi) is 3.44. The van der Waals surface area contributed by atoms with Gasteiger partial charge in [0.25, 0.3) is 11.6 Å². The molecule has 0 aliphatic heterocycles. The van der Waals surface area contributed by atoms with Crippen molar-refractivity contribution in [2.45, 2.75) is 19.8 Å². The summed E-state index contributed by atoms with van der Waals surface area (Å²) in [5.74, 6) is -1.42. The first-order chi connectivity index (χ1) is 9.34. The Labute approximate surface area is 114 Å². The highest BCUT2D eigenvalue weighted by Gasteiger charge is 2.50. The van der Waals surface area contributed by atoms with E-state index in [9.17, 15) is 19.7 Å². The van der Waals surface area contributed by atoms with E-state index in [1.54, 1.807) is 6.92 Å². The van der Waals surface area contributed by atoms with Crippen LogP contribution in [0.25, 0.3) is 0 Å². The zero-order valence-corrected chi connectivity index (χ0v) is 10.9. The summed E-state index contributed by atoms with van der Waals surface area (Å²) in [6, 6.07) is 4.09. The molecular formula is C13H14N2O5. The Morgan fingerprint density at radius 2 is 2.05 bits per heavy atom. The van der Waals surface area contributed by atoms with Crippen molar-refractivity contribution in [3.05, 3.63) is 39.4 Å². The number of aliphatic carboxylic acids is 1. The van der Waals surface area contributed by atoms with Crippen LogP contribution in [0.15, 0.2) is 18.2 Å². The molecule has 0 unspecified atom stereocenters. The van der Waals surface area contributed by atoms with Gasteiger partial charge >= 0.3 is 5.97 Å². The zero-order valence-electron chi connectivity index (χ0n) is 10.9. The highest BCUT2D eigenvalue weighted by Crippen LogP contribution is 2.45. The van der Waals surface area contributed by atoms with E-state index in [2.05, 4.69) is 5.32 Å². The maximum absolute atomic E-state index is 11.9. The van der Waals surface area contributed by atoms with E-state index in [1.165, 1.54) is 18.2 Å². The summed E-state index contributed by atoms with van der Waals surface area (Å²) in [6.45, 7) is 1.70. The number of nitro groups is 1. The SMILES string of the molecule is Cc1cc(C(=O)NCC2(C(=O)O)CC2)cc([N+](=O)[O-])c1. The van der Waals surface area contributed by atoms with Crippen molar-refractivity contribution < 1.29 is 19.6 Å². The number of amides is 1. The first kappa shape index (κ1) is 14.0. The fourth-order valence-electron chi connectivity index (χ4n) is 1.97. The topological polar surface area (TPSA) is 110 Å². The summed E-state index contributed by atoms with van der Waals surface area (Å²) in [6.07, 6.45) is 1.08. The van der Waals surface area contributed by atoms with Crippen LogP contribution in [0.5, 0.6) is 0 Å². The minimum atomic E-state index is -0.923. The van der Waals surface area contributed by atoms with Gasteiger partial charge in [0.2, 0.25) is 0 Å². The lowest BCUT2D eigenvalue weighted by molar-refractivity contribution is -0.384. The number of carbonyl (C=O) groups is 2. The van der Waals surface area contributed by atoms with Crippen molar-refractivity contribution in [2.75, 3.05) is 6.54 Å². The van der Waals surface area contributed by atoms with Crippen molar-refractivity contribution in [3.63, 3.8) is 0 Å². The lowest BCUT2D eigenvalue weighted by Gasteiger charge is -2.11.